The molecule has 1 N–H and O–H groups in total. The topological polar surface area (TPSA) is 52.7 Å². The molecule has 1 heterocycles. The summed E-state index contributed by atoms with van der Waals surface area (Å²) in [5.74, 6) is -0.211. The summed E-state index contributed by atoms with van der Waals surface area (Å²) in [5.41, 5.74) is 1.46. The van der Waals surface area contributed by atoms with Gasteiger partial charge in [0.15, 0.2) is 0 Å². The molecule has 23 heavy (non-hydrogen) atoms. The van der Waals surface area contributed by atoms with Crippen LogP contribution in [0.3, 0.4) is 0 Å². The molecule has 6 heteroatoms. The van der Waals surface area contributed by atoms with Gasteiger partial charge in [-0.1, -0.05) is 35.9 Å². The molecule has 0 saturated carbocycles. The largest absolute Gasteiger partial charge is 0.325 e. The van der Waals surface area contributed by atoms with E-state index < -0.39 is 0 Å². The van der Waals surface area contributed by atoms with Crippen LogP contribution in [0.5, 0.6) is 0 Å². The van der Waals surface area contributed by atoms with E-state index in [-0.39, 0.29) is 18.5 Å². The van der Waals surface area contributed by atoms with E-state index in [9.17, 15) is 9.59 Å². The average Bonchev–Trinajstić information content (AvgIpc) is 2.89. The molecule has 3 rings (SSSR count). The van der Waals surface area contributed by atoms with Gasteiger partial charge in [0.1, 0.15) is 6.54 Å². The van der Waals surface area contributed by atoms with Crippen LogP contribution in [0.1, 0.15) is 0 Å². The zero-order valence-corrected chi connectivity index (χ0v) is 13.2. The monoisotopic (exact) mass is 329 g/mol. The molecule has 1 saturated heterocycles. The van der Waals surface area contributed by atoms with Gasteiger partial charge >= 0.3 is 6.03 Å². The number of carbonyl (C=O) groups excluding carboxylic acids is 2. The van der Waals surface area contributed by atoms with Gasteiger partial charge in [-0.3, -0.25) is 9.69 Å². The quantitative estimate of drug-likeness (QED) is 0.936. The van der Waals surface area contributed by atoms with Crippen LogP contribution < -0.4 is 10.2 Å². The lowest BCUT2D eigenvalue weighted by Gasteiger charge is -2.18. The van der Waals surface area contributed by atoms with E-state index in [1.165, 1.54) is 4.90 Å². The first kappa shape index (κ1) is 15.4. The number of hydrogen-bond donors (Lipinski definition) is 1. The fraction of sp³-hybridized carbons (Fsp3) is 0.176. The van der Waals surface area contributed by atoms with Gasteiger partial charge in [-0.05, 0) is 30.3 Å². The predicted octanol–water partition coefficient (Wildman–Crippen LogP) is 3.22. The van der Waals surface area contributed by atoms with Gasteiger partial charge in [0.2, 0.25) is 5.91 Å². The summed E-state index contributed by atoms with van der Waals surface area (Å²) >= 11 is 5.97. The number of urea groups is 1. The van der Waals surface area contributed by atoms with Crippen molar-refractivity contribution in [2.24, 2.45) is 0 Å². The van der Waals surface area contributed by atoms with Crippen LogP contribution >= 0.6 is 11.6 Å². The van der Waals surface area contributed by atoms with Crippen LogP contribution in [0.4, 0.5) is 16.2 Å². The smallest absolute Gasteiger partial charge is 0.325 e. The predicted molar refractivity (Wildman–Crippen MR) is 90.8 cm³/mol. The van der Waals surface area contributed by atoms with E-state index in [1.807, 2.05) is 36.4 Å². The maximum atomic E-state index is 12.4. The standard InChI is InChI=1S/C17H16ClN3O2/c18-13-5-4-8-15(11-13)21-10-9-20(17(21)23)12-16(22)19-14-6-2-1-3-7-14/h1-8,11H,9-10,12H2,(H,19,22). The Bertz CT molecular complexity index is 721. The second-order valence-electron chi connectivity index (χ2n) is 5.25. The van der Waals surface area contributed by atoms with Gasteiger partial charge in [0.25, 0.3) is 0 Å². The summed E-state index contributed by atoms with van der Waals surface area (Å²) in [6.45, 7) is 1.08. The highest BCUT2D eigenvalue weighted by Gasteiger charge is 2.30. The second-order valence-corrected chi connectivity index (χ2v) is 5.69. The molecule has 0 unspecified atom stereocenters. The van der Waals surface area contributed by atoms with Gasteiger partial charge in [0, 0.05) is 29.5 Å². The van der Waals surface area contributed by atoms with Crippen molar-refractivity contribution >= 4 is 34.9 Å². The lowest BCUT2D eigenvalue weighted by molar-refractivity contribution is -0.116. The average molecular weight is 330 g/mol. The molecular weight excluding hydrogens is 314 g/mol. The van der Waals surface area contributed by atoms with Crippen molar-refractivity contribution in [2.75, 3.05) is 29.9 Å². The summed E-state index contributed by atoms with van der Waals surface area (Å²) in [7, 11) is 0. The first-order valence-corrected chi connectivity index (χ1v) is 7.68. The molecular formula is C17H16ClN3O2. The third kappa shape index (κ3) is 3.63. The Labute approximate surface area is 139 Å². The third-order valence-electron chi connectivity index (χ3n) is 3.61. The van der Waals surface area contributed by atoms with E-state index in [2.05, 4.69) is 5.32 Å². The Morgan fingerprint density at radius 1 is 1.09 bits per heavy atom. The zero-order chi connectivity index (χ0) is 16.2. The molecule has 5 nitrogen and oxygen atoms in total. The van der Waals surface area contributed by atoms with E-state index in [1.54, 1.807) is 23.1 Å². The molecule has 1 aliphatic heterocycles. The number of para-hydroxylation sites is 1. The summed E-state index contributed by atoms with van der Waals surface area (Å²) in [5, 5.41) is 3.36. The summed E-state index contributed by atoms with van der Waals surface area (Å²) < 4.78 is 0. The Kier molecular flexibility index (Phi) is 4.48. The van der Waals surface area contributed by atoms with Crippen LogP contribution in [0.15, 0.2) is 54.6 Å². The Morgan fingerprint density at radius 2 is 1.87 bits per heavy atom. The number of benzene rings is 2. The van der Waals surface area contributed by atoms with Crippen molar-refractivity contribution in [3.63, 3.8) is 0 Å². The Morgan fingerprint density at radius 3 is 2.61 bits per heavy atom. The van der Waals surface area contributed by atoms with E-state index in [0.29, 0.717) is 18.1 Å². The SMILES string of the molecule is O=C(CN1CCN(c2cccc(Cl)c2)C1=O)Nc1ccccc1. The minimum absolute atomic E-state index is 0.0325. The van der Waals surface area contributed by atoms with Gasteiger partial charge in [-0.2, -0.15) is 0 Å². The normalized spacial score (nSPS) is 14.2. The molecule has 118 valence electrons. The zero-order valence-electron chi connectivity index (χ0n) is 12.4. The molecule has 0 spiro atoms. The van der Waals surface area contributed by atoms with Crippen molar-refractivity contribution in [1.82, 2.24) is 4.90 Å². The Hall–Kier alpha value is -2.53. The maximum Gasteiger partial charge on any atom is 0.325 e. The number of carbonyl (C=O) groups is 2. The summed E-state index contributed by atoms with van der Waals surface area (Å²) in [4.78, 5) is 27.7. The molecule has 2 aromatic carbocycles. The molecule has 3 amide bonds. The highest BCUT2D eigenvalue weighted by molar-refractivity contribution is 6.30. The number of amides is 3. The van der Waals surface area contributed by atoms with Crippen molar-refractivity contribution in [2.45, 2.75) is 0 Å². The molecule has 0 atom stereocenters. The van der Waals surface area contributed by atoms with Crippen LogP contribution in [-0.4, -0.2) is 36.5 Å². The van der Waals surface area contributed by atoms with Gasteiger partial charge in [-0.15, -0.1) is 0 Å². The molecule has 0 bridgehead atoms. The minimum Gasteiger partial charge on any atom is -0.325 e. The van der Waals surface area contributed by atoms with Crippen molar-refractivity contribution in [1.29, 1.82) is 0 Å². The molecule has 0 radical (unpaired) electrons. The van der Waals surface area contributed by atoms with E-state index >= 15 is 0 Å². The van der Waals surface area contributed by atoms with Crippen LogP contribution in [0, 0.1) is 0 Å². The first-order valence-electron chi connectivity index (χ1n) is 7.30. The fourth-order valence-corrected chi connectivity index (χ4v) is 2.69. The molecule has 2 aromatic rings. The van der Waals surface area contributed by atoms with Crippen molar-refractivity contribution in [3.8, 4) is 0 Å². The van der Waals surface area contributed by atoms with Crippen LogP contribution in [-0.2, 0) is 4.79 Å². The highest BCUT2D eigenvalue weighted by atomic mass is 35.5. The lowest BCUT2D eigenvalue weighted by Crippen LogP contribution is -2.37. The van der Waals surface area contributed by atoms with Gasteiger partial charge < -0.3 is 10.2 Å². The second kappa shape index (κ2) is 6.71. The number of halogens is 1. The maximum absolute atomic E-state index is 12.4. The molecule has 0 aromatic heterocycles. The number of nitrogens with zero attached hydrogens (tertiary/aromatic N) is 2. The summed E-state index contributed by atoms with van der Waals surface area (Å²) in [6.07, 6.45) is 0. The lowest BCUT2D eigenvalue weighted by atomic mass is 10.3. The molecule has 0 aliphatic carbocycles. The van der Waals surface area contributed by atoms with E-state index in [0.717, 1.165) is 11.4 Å². The van der Waals surface area contributed by atoms with Crippen molar-refractivity contribution < 1.29 is 9.59 Å². The van der Waals surface area contributed by atoms with Gasteiger partial charge in [-0.25, -0.2) is 4.79 Å². The van der Waals surface area contributed by atoms with Gasteiger partial charge in [0.05, 0.1) is 0 Å². The molecule has 1 aliphatic rings. The summed E-state index contributed by atoms with van der Waals surface area (Å²) in [6, 6.07) is 16.1. The number of rotatable bonds is 4. The van der Waals surface area contributed by atoms with Crippen LogP contribution in [0.25, 0.3) is 0 Å². The first-order chi connectivity index (χ1) is 11.1. The highest BCUT2D eigenvalue weighted by Crippen LogP contribution is 2.23. The number of hydrogen-bond acceptors (Lipinski definition) is 2. The Balaban J connectivity index is 1.62. The van der Waals surface area contributed by atoms with Crippen molar-refractivity contribution in [3.05, 3.63) is 59.6 Å². The third-order valence-corrected chi connectivity index (χ3v) is 3.84. The minimum atomic E-state index is -0.211. The van der Waals surface area contributed by atoms with Crippen LogP contribution in [0.2, 0.25) is 5.02 Å². The van der Waals surface area contributed by atoms with E-state index in [4.69, 9.17) is 11.6 Å². The fourth-order valence-electron chi connectivity index (χ4n) is 2.51. The number of nitrogens with one attached hydrogen (secondary N) is 1. The molecule has 1 fully saturated rings. The number of anilines is 2.